The second-order valence-electron chi connectivity index (χ2n) is 1.80. The van der Waals surface area contributed by atoms with Gasteiger partial charge in [0.25, 0.3) is 0 Å². The van der Waals surface area contributed by atoms with Crippen LogP contribution in [0, 0.1) is 11.6 Å². The van der Waals surface area contributed by atoms with Crippen molar-refractivity contribution in [1.82, 2.24) is 0 Å². The van der Waals surface area contributed by atoms with E-state index >= 15 is 0 Å². The van der Waals surface area contributed by atoms with E-state index in [1.165, 1.54) is 0 Å². The molecule has 0 fully saturated rings. The van der Waals surface area contributed by atoms with Crippen LogP contribution in [0.2, 0.25) is 0 Å². The van der Waals surface area contributed by atoms with E-state index in [4.69, 9.17) is 10.7 Å². The molecule has 0 amide bonds. The van der Waals surface area contributed by atoms with Gasteiger partial charge in [-0.15, -0.1) is 0 Å². The van der Waals surface area contributed by atoms with Gasteiger partial charge in [0.05, 0.1) is 0 Å². The molecular weight excluding hydrogens is 194 g/mol. The first-order valence-corrected chi connectivity index (χ1v) is 4.62. The van der Waals surface area contributed by atoms with Crippen LogP contribution in [0.15, 0.2) is 23.1 Å². The van der Waals surface area contributed by atoms with Gasteiger partial charge >= 0.3 is 0 Å². The molecule has 1 nitrogen and oxygen atoms in total. The van der Waals surface area contributed by atoms with Crippen LogP contribution < -0.4 is 0 Å². The Balaban J connectivity index is 3.13. The minimum absolute atomic E-state index is 0.327. The summed E-state index contributed by atoms with van der Waals surface area (Å²) in [4.78, 5) is -0.327. The predicted molar refractivity (Wildman–Crippen MR) is 38.6 cm³/mol. The summed E-state index contributed by atoms with van der Waals surface area (Å²) in [6.45, 7) is 0. The van der Waals surface area contributed by atoms with Crippen LogP contribution in [0.3, 0.4) is 0 Å². The first kappa shape index (κ1) is 8.77. The molecule has 0 N–H and O–H groups in total. The number of hydrogen-bond acceptors (Lipinski definition) is 1. The molecular formula is C6H3ClF2OS. The standard InChI is InChI=1S/C6H3ClF2OS/c7-11(10)6-3-4(8)1-2-5(6)9/h1-3H. The van der Waals surface area contributed by atoms with E-state index in [9.17, 15) is 13.3 Å². The van der Waals surface area contributed by atoms with Crippen molar-refractivity contribution in [2.45, 2.75) is 4.90 Å². The third-order valence-electron chi connectivity index (χ3n) is 1.07. The van der Waals surface area contributed by atoms with Crippen LogP contribution in [-0.4, -0.2) is 4.55 Å². The fraction of sp³-hybridized carbons (Fsp3) is 0. The maximum Gasteiger partial charge on any atom is 0.211 e. The second-order valence-corrected chi connectivity index (χ2v) is 3.53. The zero-order valence-corrected chi connectivity index (χ0v) is 6.75. The smallest absolute Gasteiger partial charge is 0.211 e. The van der Waals surface area contributed by atoms with Gasteiger partial charge in [-0.05, 0) is 12.1 Å². The molecule has 0 radical (unpaired) electrons. The zero-order valence-electron chi connectivity index (χ0n) is 5.18. The number of rotatable bonds is 1. The van der Waals surface area contributed by atoms with E-state index in [2.05, 4.69) is 0 Å². The molecule has 1 atom stereocenters. The van der Waals surface area contributed by atoms with E-state index < -0.39 is 22.0 Å². The van der Waals surface area contributed by atoms with E-state index in [1.807, 2.05) is 0 Å². The summed E-state index contributed by atoms with van der Waals surface area (Å²) >= 11 is 0. The average molecular weight is 197 g/mol. The molecule has 0 saturated heterocycles. The minimum Gasteiger partial charge on any atom is -0.594 e. The van der Waals surface area contributed by atoms with Crippen LogP contribution in [0.4, 0.5) is 8.78 Å². The Morgan fingerprint density at radius 1 is 1.36 bits per heavy atom. The van der Waals surface area contributed by atoms with Crippen molar-refractivity contribution in [1.29, 1.82) is 0 Å². The van der Waals surface area contributed by atoms with Gasteiger partial charge in [0.2, 0.25) is 4.90 Å². The monoisotopic (exact) mass is 196 g/mol. The first-order chi connectivity index (χ1) is 5.11. The molecule has 0 spiro atoms. The van der Waals surface area contributed by atoms with E-state index in [0.29, 0.717) is 0 Å². The molecule has 0 aliphatic rings. The molecule has 5 heteroatoms. The number of halogens is 3. The van der Waals surface area contributed by atoms with Gasteiger partial charge < -0.3 is 4.55 Å². The highest BCUT2D eigenvalue weighted by molar-refractivity contribution is 8.13. The summed E-state index contributed by atoms with van der Waals surface area (Å²) in [5, 5.41) is 0. The highest BCUT2D eigenvalue weighted by atomic mass is 35.7. The van der Waals surface area contributed by atoms with E-state index in [1.54, 1.807) is 0 Å². The molecule has 0 saturated carbocycles. The molecule has 0 aliphatic carbocycles. The lowest BCUT2D eigenvalue weighted by molar-refractivity contribution is 0.559. The van der Waals surface area contributed by atoms with Crippen molar-refractivity contribution in [3.63, 3.8) is 0 Å². The molecule has 1 rings (SSSR count). The first-order valence-electron chi connectivity index (χ1n) is 2.64. The molecule has 60 valence electrons. The fourth-order valence-electron chi connectivity index (χ4n) is 0.600. The SMILES string of the molecule is [O-][S+](Cl)c1cc(F)ccc1F. The fourth-order valence-corrected chi connectivity index (χ4v) is 1.38. The van der Waals surface area contributed by atoms with Crippen LogP contribution >= 0.6 is 10.7 Å². The highest BCUT2D eigenvalue weighted by Gasteiger charge is 2.15. The number of benzene rings is 1. The summed E-state index contributed by atoms with van der Waals surface area (Å²) in [7, 11) is 3.05. The number of hydrogen-bond donors (Lipinski definition) is 0. The summed E-state index contributed by atoms with van der Waals surface area (Å²) in [6.07, 6.45) is 0. The Hall–Kier alpha value is -0.320. The summed E-state index contributed by atoms with van der Waals surface area (Å²) in [5.74, 6) is -1.42. The Morgan fingerprint density at radius 2 is 2.00 bits per heavy atom. The predicted octanol–water partition coefficient (Wildman–Crippen LogP) is 2.23. The lowest BCUT2D eigenvalue weighted by Gasteiger charge is -1.99. The van der Waals surface area contributed by atoms with Crippen LogP contribution in [0.1, 0.15) is 0 Å². The summed E-state index contributed by atoms with van der Waals surface area (Å²) < 4.78 is 35.4. The average Bonchev–Trinajstić information content (AvgIpc) is 1.94. The van der Waals surface area contributed by atoms with Crippen LogP contribution in [0.5, 0.6) is 0 Å². The molecule has 1 aromatic carbocycles. The van der Waals surface area contributed by atoms with Crippen LogP contribution in [0.25, 0.3) is 0 Å². The second kappa shape index (κ2) is 3.38. The quantitative estimate of drug-likeness (QED) is 0.632. The van der Waals surface area contributed by atoms with Gasteiger partial charge in [0.15, 0.2) is 16.5 Å². The molecule has 0 bridgehead atoms. The Kier molecular flexibility index (Phi) is 2.70. The minimum atomic E-state index is -1.99. The molecule has 1 aromatic rings. The van der Waals surface area contributed by atoms with Crippen LogP contribution in [-0.2, 0) is 10.4 Å². The summed E-state index contributed by atoms with van der Waals surface area (Å²) in [5.41, 5.74) is 0. The van der Waals surface area contributed by atoms with Crippen molar-refractivity contribution in [3.05, 3.63) is 29.8 Å². The molecule has 0 aliphatic heterocycles. The zero-order chi connectivity index (χ0) is 8.43. The molecule has 0 heterocycles. The van der Waals surface area contributed by atoms with Crippen molar-refractivity contribution in [2.75, 3.05) is 0 Å². The highest BCUT2D eigenvalue weighted by Crippen LogP contribution is 2.19. The summed E-state index contributed by atoms with van der Waals surface area (Å²) in [6, 6.07) is 2.62. The van der Waals surface area contributed by atoms with Gasteiger partial charge in [-0.2, -0.15) is 0 Å². The van der Waals surface area contributed by atoms with Crippen molar-refractivity contribution in [2.24, 2.45) is 0 Å². The van der Waals surface area contributed by atoms with Gasteiger partial charge in [0, 0.05) is 6.07 Å². The maximum atomic E-state index is 12.6. The lowest BCUT2D eigenvalue weighted by atomic mass is 10.3. The van der Waals surface area contributed by atoms with Crippen molar-refractivity contribution in [3.8, 4) is 0 Å². The van der Waals surface area contributed by atoms with E-state index in [-0.39, 0.29) is 4.90 Å². The van der Waals surface area contributed by atoms with Crippen molar-refractivity contribution >= 4 is 21.1 Å². The molecule has 1 unspecified atom stereocenters. The Morgan fingerprint density at radius 3 is 2.45 bits per heavy atom. The van der Waals surface area contributed by atoms with E-state index in [0.717, 1.165) is 18.2 Å². The van der Waals surface area contributed by atoms with Crippen molar-refractivity contribution < 1.29 is 13.3 Å². The Labute approximate surface area is 69.7 Å². The molecule has 0 aromatic heterocycles. The largest absolute Gasteiger partial charge is 0.594 e. The van der Waals surface area contributed by atoms with Gasteiger partial charge in [0.1, 0.15) is 16.2 Å². The Bertz CT molecular complexity index is 267. The molecule has 11 heavy (non-hydrogen) atoms. The third-order valence-corrected chi connectivity index (χ3v) is 2.22. The lowest BCUT2D eigenvalue weighted by Crippen LogP contribution is -1.95. The topological polar surface area (TPSA) is 23.1 Å². The van der Waals surface area contributed by atoms with Gasteiger partial charge in [-0.1, -0.05) is 0 Å². The maximum absolute atomic E-state index is 12.6. The van der Waals surface area contributed by atoms with Gasteiger partial charge in [-0.25, -0.2) is 8.78 Å². The normalized spacial score (nSPS) is 13.1. The third kappa shape index (κ3) is 2.05. The van der Waals surface area contributed by atoms with Gasteiger partial charge in [-0.3, -0.25) is 0 Å².